The smallest absolute Gasteiger partial charge is 0.255 e. The van der Waals surface area contributed by atoms with Gasteiger partial charge in [0.25, 0.3) is 5.91 Å². The maximum Gasteiger partial charge on any atom is 0.255 e. The summed E-state index contributed by atoms with van der Waals surface area (Å²) >= 11 is 5.65. The van der Waals surface area contributed by atoms with Gasteiger partial charge in [-0.1, -0.05) is 23.8 Å². The van der Waals surface area contributed by atoms with Crippen molar-refractivity contribution < 1.29 is 9.90 Å². The lowest BCUT2D eigenvalue weighted by Crippen LogP contribution is -2.29. The Kier molecular flexibility index (Phi) is 6.72. The van der Waals surface area contributed by atoms with E-state index in [0.29, 0.717) is 31.0 Å². The molecule has 3 rings (SSSR count). The van der Waals surface area contributed by atoms with Crippen molar-refractivity contribution in [3.05, 3.63) is 59.4 Å². The fraction of sp³-hybridized carbons (Fsp3) is 0.286. The molecule has 0 aliphatic heterocycles. The van der Waals surface area contributed by atoms with E-state index in [1.54, 1.807) is 12.1 Å². The summed E-state index contributed by atoms with van der Waals surface area (Å²) in [6, 6.07) is 12.2. The highest BCUT2D eigenvalue weighted by Gasteiger charge is 2.21. The number of nitrogens with two attached hydrogens (primary N) is 1. The second-order valence-electron chi connectivity index (χ2n) is 6.83. The number of aryl methyl sites for hydroxylation is 1. The Morgan fingerprint density at radius 1 is 1.34 bits per heavy atom. The lowest BCUT2D eigenvalue weighted by molar-refractivity contribution is 0.0929. The number of imidazole rings is 1. The molecule has 1 unspecified atom stereocenters. The summed E-state index contributed by atoms with van der Waals surface area (Å²) in [5.41, 5.74) is 8.48. The fourth-order valence-corrected chi connectivity index (χ4v) is 3.13. The molecule has 1 aromatic heterocycles. The molecule has 0 aliphatic carbocycles. The van der Waals surface area contributed by atoms with Crippen LogP contribution in [0.1, 0.15) is 40.6 Å². The average molecular weight is 414 g/mol. The predicted octanol–water partition coefficient (Wildman–Crippen LogP) is 3.42. The quantitative estimate of drug-likeness (QED) is 0.196. The van der Waals surface area contributed by atoms with Crippen LogP contribution in [-0.2, 0) is 0 Å². The molecule has 3 aromatic rings. The number of aliphatic imine (C=N–C) groups is 1. The standard InChI is InChI=1S/C21H24ClN5O2/c1-13-8-9-18(28)14(11-13)21(29)27-17(7-4-10-24-19(23)12-22)20-25-15-5-2-3-6-16(15)26-20/h2-3,5-6,8-9,11,17,28H,4,7,10,12H2,1H3,(H2,23,24)(H,25,26)(H,27,29). The van der Waals surface area contributed by atoms with Gasteiger partial charge in [-0.05, 0) is 44.0 Å². The summed E-state index contributed by atoms with van der Waals surface area (Å²) in [7, 11) is 0. The van der Waals surface area contributed by atoms with E-state index in [1.807, 2.05) is 31.2 Å². The van der Waals surface area contributed by atoms with Crippen molar-refractivity contribution in [2.45, 2.75) is 25.8 Å². The number of H-pyrrole nitrogens is 1. The van der Waals surface area contributed by atoms with Gasteiger partial charge in [0.2, 0.25) is 0 Å². The third kappa shape index (κ3) is 5.26. The molecular formula is C21H24ClN5O2. The number of rotatable bonds is 8. The zero-order valence-electron chi connectivity index (χ0n) is 16.2. The SMILES string of the molecule is Cc1ccc(O)c(C(=O)NC(CCCN=C(N)CCl)c2nc3ccccc3[nH]2)c1. The van der Waals surface area contributed by atoms with E-state index in [1.165, 1.54) is 6.07 Å². The number of hydrogen-bond acceptors (Lipinski definition) is 4. The molecule has 8 heteroatoms. The minimum Gasteiger partial charge on any atom is -0.507 e. The van der Waals surface area contributed by atoms with Crippen LogP contribution in [0.4, 0.5) is 0 Å². The zero-order chi connectivity index (χ0) is 20.8. The molecule has 0 fully saturated rings. The van der Waals surface area contributed by atoms with Gasteiger partial charge >= 0.3 is 0 Å². The number of benzene rings is 2. The number of carbonyl (C=O) groups excluding carboxylic acids is 1. The molecule has 1 atom stereocenters. The zero-order valence-corrected chi connectivity index (χ0v) is 16.9. The Morgan fingerprint density at radius 2 is 2.14 bits per heavy atom. The molecular weight excluding hydrogens is 390 g/mol. The number of phenols is 1. The van der Waals surface area contributed by atoms with Crippen molar-refractivity contribution >= 4 is 34.4 Å². The van der Waals surface area contributed by atoms with Crippen molar-refractivity contribution in [3.8, 4) is 5.75 Å². The van der Waals surface area contributed by atoms with Crippen LogP contribution >= 0.6 is 11.6 Å². The Balaban J connectivity index is 1.81. The maximum atomic E-state index is 12.8. The van der Waals surface area contributed by atoms with Gasteiger partial charge in [0, 0.05) is 6.54 Å². The van der Waals surface area contributed by atoms with Crippen LogP contribution in [0, 0.1) is 6.92 Å². The molecule has 0 bridgehead atoms. The number of halogens is 1. The molecule has 5 N–H and O–H groups in total. The Hall–Kier alpha value is -3.06. The lowest BCUT2D eigenvalue weighted by Gasteiger charge is -2.17. The van der Waals surface area contributed by atoms with Crippen molar-refractivity contribution in [2.75, 3.05) is 12.4 Å². The Morgan fingerprint density at radius 3 is 2.90 bits per heavy atom. The van der Waals surface area contributed by atoms with E-state index in [-0.39, 0.29) is 29.1 Å². The van der Waals surface area contributed by atoms with Crippen LogP contribution in [0.3, 0.4) is 0 Å². The number of aromatic hydroxyl groups is 1. The molecule has 1 amide bonds. The van der Waals surface area contributed by atoms with E-state index in [0.717, 1.165) is 16.6 Å². The molecule has 0 aliphatic rings. The summed E-state index contributed by atoms with van der Waals surface area (Å²) < 4.78 is 0. The Bertz CT molecular complexity index is 998. The summed E-state index contributed by atoms with van der Waals surface area (Å²) in [6.45, 7) is 2.37. The minimum atomic E-state index is -0.373. The molecule has 7 nitrogen and oxygen atoms in total. The van der Waals surface area contributed by atoms with E-state index in [9.17, 15) is 9.90 Å². The number of nitrogens with zero attached hydrogens (tertiary/aromatic N) is 2. The number of fused-ring (bicyclic) bond motifs is 1. The summed E-state index contributed by atoms with van der Waals surface area (Å²) in [5.74, 6) is 0.814. The number of carbonyl (C=O) groups is 1. The molecule has 0 saturated heterocycles. The van der Waals surface area contributed by atoms with E-state index in [2.05, 4.69) is 20.3 Å². The first kappa shape index (κ1) is 20.7. The predicted molar refractivity (Wildman–Crippen MR) is 116 cm³/mol. The summed E-state index contributed by atoms with van der Waals surface area (Å²) in [5, 5.41) is 13.1. The van der Waals surface area contributed by atoms with Gasteiger partial charge in [0.05, 0.1) is 28.5 Å². The molecule has 29 heavy (non-hydrogen) atoms. The van der Waals surface area contributed by atoms with E-state index < -0.39 is 0 Å². The summed E-state index contributed by atoms with van der Waals surface area (Å²) in [6.07, 6.45) is 1.27. The average Bonchev–Trinajstić information content (AvgIpc) is 3.15. The van der Waals surface area contributed by atoms with Crippen LogP contribution in [0.5, 0.6) is 5.75 Å². The topological polar surface area (TPSA) is 116 Å². The first-order valence-electron chi connectivity index (χ1n) is 9.38. The first-order valence-corrected chi connectivity index (χ1v) is 9.91. The van der Waals surface area contributed by atoms with E-state index in [4.69, 9.17) is 17.3 Å². The number of aromatic amines is 1. The highest BCUT2D eigenvalue weighted by atomic mass is 35.5. The van der Waals surface area contributed by atoms with Gasteiger partial charge < -0.3 is 21.1 Å². The number of aromatic nitrogens is 2. The summed E-state index contributed by atoms with van der Waals surface area (Å²) in [4.78, 5) is 24.9. The third-order valence-electron chi connectivity index (χ3n) is 4.54. The lowest BCUT2D eigenvalue weighted by atomic mass is 10.1. The molecule has 0 radical (unpaired) electrons. The fourth-order valence-electron chi connectivity index (χ4n) is 3.04. The van der Waals surface area contributed by atoms with Gasteiger partial charge in [-0.2, -0.15) is 0 Å². The minimum absolute atomic E-state index is 0.0593. The van der Waals surface area contributed by atoms with Gasteiger partial charge in [0.15, 0.2) is 0 Å². The normalized spacial score (nSPS) is 12.8. The third-order valence-corrected chi connectivity index (χ3v) is 4.82. The van der Waals surface area contributed by atoms with Gasteiger partial charge in [-0.3, -0.25) is 9.79 Å². The number of phenolic OH excluding ortho intramolecular Hbond substituents is 1. The van der Waals surface area contributed by atoms with Gasteiger partial charge in [-0.25, -0.2) is 4.98 Å². The molecule has 0 spiro atoms. The second kappa shape index (κ2) is 9.43. The monoisotopic (exact) mass is 413 g/mol. The van der Waals surface area contributed by atoms with Crippen molar-refractivity contribution in [1.82, 2.24) is 15.3 Å². The number of hydrogen-bond donors (Lipinski definition) is 4. The van der Waals surface area contributed by atoms with Crippen molar-refractivity contribution in [1.29, 1.82) is 0 Å². The largest absolute Gasteiger partial charge is 0.507 e. The van der Waals surface area contributed by atoms with Crippen molar-refractivity contribution in [2.24, 2.45) is 10.7 Å². The molecule has 2 aromatic carbocycles. The molecule has 0 saturated carbocycles. The number of amidine groups is 1. The van der Waals surface area contributed by atoms with Crippen LogP contribution in [0.15, 0.2) is 47.5 Å². The Labute approximate surface area is 174 Å². The number of amides is 1. The number of alkyl halides is 1. The highest BCUT2D eigenvalue weighted by Crippen LogP contribution is 2.23. The van der Waals surface area contributed by atoms with Crippen molar-refractivity contribution in [3.63, 3.8) is 0 Å². The van der Waals surface area contributed by atoms with Crippen LogP contribution in [0.2, 0.25) is 0 Å². The maximum absolute atomic E-state index is 12.8. The molecule has 152 valence electrons. The number of nitrogens with one attached hydrogen (secondary N) is 2. The van der Waals surface area contributed by atoms with Crippen LogP contribution < -0.4 is 11.1 Å². The van der Waals surface area contributed by atoms with E-state index >= 15 is 0 Å². The molecule has 1 heterocycles. The van der Waals surface area contributed by atoms with Crippen LogP contribution in [-0.4, -0.2) is 39.2 Å². The van der Waals surface area contributed by atoms with Gasteiger partial charge in [0.1, 0.15) is 17.4 Å². The van der Waals surface area contributed by atoms with Gasteiger partial charge in [-0.15, -0.1) is 11.6 Å². The highest BCUT2D eigenvalue weighted by molar-refractivity contribution is 6.27. The first-order chi connectivity index (χ1) is 14.0. The van der Waals surface area contributed by atoms with Crippen LogP contribution in [0.25, 0.3) is 11.0 Å². The second-order valence-corrected chi connectivity index (χ2v) is 7.10. The number of para-hydroxylation sites is 2.